The Morgan fingerprint density at radius 2 is 1.17 bits per heavy atom. The smallest absolute Gasteiger partial charge is 0.326 e. The predicted octanol–water partition coefficient (Wildman–Crippen LogP) is -0.765. The van der Waals surface area contributed by atoms with Gasteiger partial charge in [0.05, 0.1) is 6.54 Å². The highest BCUT2D eigenvalue weighted by atomic mass is 16.4. The summed E-state index contributed by atoms with van der Waals surface area (Å²) in [6.07, 6.45) is -0.235. The molecule has 192 valence electrons. The van der Waals surface area contributed by atoms with Gasteiger partial charge in [-0.25, -0.2) is 4.79 Å². The van der Waals surface area contributed by atoms with Gasteiger partial charge in [-0.1, -0.05) is 60.7 Å². The van der Waals surface area contributed by atoms with E-state index in [1.165, 1.54) is 0 Å². The molecule has 11 heteroatoms. The molecule has 0 aromatic heterocycles. The molecule has 4 amide bonds. The molecule has 2 aromatic rings. The fraction of sp³-hybridized carbons (Fsp3) is 0.320. The number of carbonyl (C=O) groups excluding carboxylic acids is 4. The minimum Gasteiger partial charge on any atom is -0.480 e. The third kappa shape index (κ3) is 9.55. The van der Waals surface area contributed by atoms with Crippen LogP contribution in [-0.4, -0.2) is 59.4 Å². The summed E-state index contributed by atoms with van der Waals surface area (Å²) in [6.45, 7) is -0.327. The first-order valence-electron chi connectivity index (χ1n) is 11.4. The molecule has 3 atom stereocenters. The SMILES string of the molecule is NCC(=O)NC(Cc1ccccc1)C(=O)NC(Cc1ccccc1)C(=O)NC(CCC(N)=O)C(=O)O. The number of primary amides is 1. The van der Waals surface area contributed by atoms with E-state index in [0.717, 1.165) is 5.56 Å². The number of carboxylic acids is 1. The number of carboxylic acid groups (broad SMARTS) is 1. The van der Waals surface area contributed by atoms with E-state index in [0.29, 0.717) is 5.56 Å². The lowest BCUT2D eigenvalue weighted by Crippen LogP contribution is -2.57. The van der Waals surface area contributed by atoms with Gasteiger partial charge in [-0.2, -0.15) is 0 Å². The van der Waals surface area contributed by atoms with Crippen LogP contribution in [0.25, 0.3) is 0 Å². The van der Waals surface area contributed by atoms with Gasteiger partial charge < -0.3 is 32.5 Å². The average Bonchev–Trinajstić information content (AvgIpc) is 2.86. The molecule has 3 unspecified atom stereocenters. The molecular weight excluding hydrogens is 466 g/mol. The normalized spacial score (nSPS) is 13.0. The number of hydrogen-bond acceptors (Lipinski definition) is 6. The lowest BCUT2D eigenvalue weighted by Gasteiger charge is -2.24. The van der Waals surface area contributed by atoms with E-state index in [1.807, 2.05) is 6.07 Å². The van der Waals surface area contributed by atoms with Crippen molar-refractivity contribution in [3.8, 4) is 0 Å². The van der Waals surface area contributed by atoms with Crippen LogP contribution < -0.4 is 27.4 Å². The van der Waals surface area contributed by atoms with Crippen LogP contribution in [0.15, 0.2) is 60.7 Å². The molecule has 0 radical (unpaired) electrons. The molecule has 8 N–H and O–H groups in total. The van der Waals surface area contributed by atoms with Gasteiger partial charge in [0, 0.05) is 19.3 Å². The third-order valence-electron chi connectivity index (χ3n) is 5.33. The molecule has 0 saturated carbocycles. The molecule has 2 aromatic carbocycles. The number of nitrogens with one attached hydrogen (secondary N) is 3. The van der Waals surface area contributed by atoms with E-state index in [4.69, 9.17) is 11.5 Å². The zero-order valence-electron chi connectivity index (χ0n) is 19.7. The summed E-state index contributed by atoms with van der Waals surface area (Å²) in [5, 5.41) is 17.0. The minimum atomic E-state index is -1.38. The van der Waals surface area contributed by atoms with Crippen LogP contribution in [0.4, 0.5) is 0 Å². The number of rotatable bonds is 14. The van der Waals surface area contributed by atoms with Crippen LogP contribution in [0, 0.1) is 0 Å². The van der Waals surface area contributed by atoms with Crippen LogP contribution >= 0.6 is 0 Å². The molecule has 0 bridgehead atoms. The summed E-state index contributed by atoms with van der Waals surface area (Å²) < 4.78 is 0. The molecule has 0 aliphatic rings. The maximum Gasteiger partial charge on any atom is 0.326 e. The van der Waals surface area contributed by atoms with Crippen molar-refractivity contribution in [2.45, 2.75) is 43.8 Å². The van der Waals surface area contributed by atoms with Crippen molar-refractivity contribution in [2.24, 2.45) is 11.5 Å². The lowest BCUT2D eigenvalue weighted by molar-refractivity contribution is -0.142. The number of nitrogens with two attached hydrogens (primary N) is 2. The van der Waals surface area contributed by atoms with Crippen LogP contribution in [0.5, 0.6) is 0 Å². The highest BCUT2D eigenvalue weighted by molar-refractivity contribution is 5.94. The summed E-state index contributed by atoms with van der Waals surface area (Å²) in [7, 11) is 0. The summed E-state index contributed by atoms with van der Waals surface area (Å²) in [4.78, 5) is 61.0. The van der Waals surface area contributed by atoms with Gasteiger partial charge in [-0.05, 0) is 17.5 Å². The van der Waals surface area contributed by atoms with E-state index >= 15 is 0 Å². The maximum atomic E-state index is 13.2. The molecule has 0 heterocycles. The molecule has 2 rings (SSSR count). The fourth-order valence-corrected chi connectivity index (χ4v) is 3.46. The summed E-state index contributed by atoms with van der Waals surface area (Å²) in [6, 6.07) is 14.2. The Kier molecular flexibility index (Phi) is 11.1. The van der Waals surface area contributed by atoms with Gasteiger partial charge in [0.25, 0.3) is 0 Å². The zero-order chi connectivity index (χ0) is 26.5. The molecule has 36 heavy (non-hydrogen) atoms. The molecule has 0 aliphatic carbocycles. The number of carbonyl (C=O) groups is 5. The van der Waals surface area contributed by atoms with Crippen molar-refractivity contribution in [3.63, 3.8) is 0 Å². The maximum absolute atomic E-state index is 13.2. The van der Waals surface area contributed by atoms with Crippen molar-refractivity contribution in [3.05, 3.63) is 71.8 Å². The summed E-state index contributed by atoms with van der Waals surface area (Å²) in [5.74, 6) is -3.99. The van der Waals surface area contributed by atoms with Crippen molar-refractivity contribution >= 4 is 29.6 Å². The highest BCUT2D eigenvalue weighted by Crippen LogP contribution is 2.08. The van der Waals surface area contributed by atoms with Gasteiger partial charge in [0.15, 0.2) is 0 Å². The van der Waals surface area contributed by atoms with Crippen molar-refractivity contribution < 1.29 is 29.1 Å². The standard InChI is InChI=1S/C25H31N5O6/c26-15-22(32)28-19(13-16-7-3-1-4-8-16)23(33)30-20(14-17-9-5-2-6-10-17)24(34)29-18(25(35)36)11-12-21(27)31/h1-10,18-20H,11-15,26H2,(H2,27,31)(H,28,32)(H,29,34)(H,30,33)(H,35,36). The topological polar surface area (TPSA) is 194 Å². The summed E-state index contributed by atoms with van der Waals surface area (Å²) >= 11 is 0. The van der Waals surface area contributed by atoms with Gasteiger partial charge >= 0.3 is 5.97 Å². The van der Waals surface area contributed by atoms with Crippen LogP contribution in [0.3, 0.4) is 0 Å². The molecular formula is C25H31N5O6. The number of aliphatic carboxylic acids is 1. The minimum absolute atomic E-state index is 0.0590. The van der Waals surface area contributed by atoms with E-state index in [9.17, 15) is 29.1 Å². The quantitative estimate of drug-likeness (QED) is 0.197. The second-order valence-electron chi connectivity index (χ2n) is 8.17. The van der Waals surface area contributed by atoms with Crippen LogP contribution in [0.2, 0.25) is 0 Å². The Labute approximate surface area is 208 Å². The summed E-state index contributed by atoms with van der Waals surface area (Å²) in [5.41, 5.74) is 12.0. The van der Waals surface area contributed by atoms with Gasteiger partial charge in [0.2, 0.25) is 23.6 Å². The molecule has 0 spiro atoms. The van der Waals surface area contributed by atoms with E-state index in [2.05, 4.69) is 16.0 Å². The monoisotopic (exact) mass is 497 g/mol. The van der Waals surface area contributed by atoms with E-state index in [-0.39, 0.29) is 32.2 Å². The fourth-order valence-electron chi connectivity index (χ4n) is 3.46. The molecule has 0 aliphatic heterocycles. The number of amides is 4. The third-order valence-corrected chi connectivity index (χ3v) is 5.33. The van der Waals surface area contributed by atoms with Crippen LogP contribution in [0.1, 0.15) is 24.0 Å². The molecule has 11 nitrogen and oxygen atoms in total. The highest BCUT2D eigenvalue weighted by Gasteiger charge is 2.30. The Morgan fingerprint density at radius 1 is 0.722 bits per heavy atom. The second kappa shape index (κ2) is 14.2. The van der Waals surface area contributed by atoms with E-state index in [1.54, 1.807) is 54.6 Å². The second-order valence-corrected chi connectivity index (χ2v) is 8.17. The Bertz CT molecular complexity index is 1050. The van der Waals surface area contributed by atoms with Crippen molar-refractivity contribution in [2.75, 3.05) is 6.54 Å². The largest absolute Gasteiger partial charge is 0.480 e. The number of hydrogen-bond donors (Lipinski definition) is 6. The molecule has 0 fully saturated rings. The first kappa shape index (κ1) is 28.0. The predicted molar refractivity (Wildman–Crippen MR) is 131 cm³/mol. The lowest BCUT2D eigenvalue weighted by atomic mass is 10.0. The average molecular weight is 498 g/mol. The first-order valence-corrected chi connectivity index (χ1v) is 11.4. The van der Waals surface area contributed by atoms with Crippen molar-refractivity contribution in [1.82, 2.24) is 16.0 Å². The van der Waals surface area contributed by atoms with E-state index < -0.39 is 47.7 Å². The first-order chi connectivity index (χ1) is 17.2. The molecule has 0 saturated heterocycles. The van der Waals surface area contributed by atoms with Crippen LogP contribution in [-0.2, 0) is 36.8 Å². The number of benzene rings is 2. The zero-order valence-corrected chi connectivity index (χ0v) is 19.7. The van der Waals surface area contributed by atoms with Gasteiger partial charge in [-0.3, -0.25) is 19.2 Å². The Balaban J connectivity index is 2.24. The van der Waals surface area contributed by atoms with Crippen molar-refractivity contribution in [1.29, 1.82) is 0 Å². The van der Waals surface area contributed by atoms with Gasteiger partial charge in [0.1, 0.15) is 18.1 Å². The van der Waals surface area contributed by atoms with Gasteiger partial charge in [-0.15, -0.1) is 0 Å². The Hall–Kier alpha value is -4.25. The Morgan fingerprint density at radius 3 is 1.58 bits per heavy atom.